The Morgan fingerprint density at radius 1 is 1.42 bits per heavy atom. The molecule has 0 amide bonds. The summed E-state index contributed by atoms with van der Waals surface area (Å²) < 4.78 is 0. The lowest BCUT2D eigenvalue weighted by Crippen LogP contribution is -2.37. The number of nitrogens with zero attached hydrogens (tertiary/aromatic N) is 3. The van der Waals surface area contributed by atoms with E-state index in [2.05, 4.69) is 47.2 Å². The number of aromatic nitrogens is 1. The summed E-state index contributed by atoms with van der Waals surface area (Å²) in [4.78, 5) is 9.16. The van der Waals surface area contributed by atoms with Gasteiger partial charge in [-0.05, 0) is 39.4 Å². The van der Waals surface area contributed by atoms with E-state index < -0.39 is 0 Å². The van der Waals surface area contributed by atoms with E-state index in [4.69, 9.17) is 0 Å². The van der Waals surface area contributed by atoms with Gasteiger partial charge in [0.05, 0.1) is 23.8 Å². The van der Waals surface area contributed by atoms with Crippen LogP contribution < -0.4 is 10.2 Å². The van der Waals surface area contributed by atoms with Crippen LogP contribution in [0.2, 0.25) is 0 Å². The second-order valence-electron chi connectivity index (χ2n) is 5.61. The van der Waals surface area contributed by atoms with Gasteiger partial charge in [-0.1, -0.05) is 6.92 Å². The SMILES string of the molecule is CCCNc1cncc(N2CCCC2CN(C)C)c1. The van der Waals surface area contributed by atoms with E-state index in [-0.39, 0.29) is 0 Å². The summed E-state index contributed by atoms with van der Waals surface area (Å²) in [6.07, 6.45) is 7.61. The summed E-state index contributed by atoms with van der Waals surface area (Å²) in [7, 11) is 4.29. The van der Waals surface area contributed by atoms with Crippen LogP contribution in [0.15, 0.2) is 18.5 Å². The van der Waals surface area contributed by atoms with Gasteiger partial charge in [0, 0.05) is 25.7 Å². The molecule has 2 rings (SSSR count). The third kappa shape index (κ3) is 3.83. The van der Waals surface area contributed by atoms with Crippen molar-refractivity contribution < 1.29 is 0 Å². The van der Waals surface area contributed by atoms with Crippen molar-refractivity contribution >= 4 is 11.4 Å². The van der Waals surface area contributed by atoms with Crippen LogP contribution in [-0.2, 0) is 0 Å². The standard InChI is InChI=1S/C15H26N4/c1-4-7-17-13-9-15(11-16-10-13)19-8-5-6-14(19)12-18(2)3/h9-11,14,17H,4-8,12H2,1-3H3. The van der Waals surface area contributed by atoms with Crippen LogP contribution >= 0.6 is 0 Å². The van der Waals surface area contributed by atoms with Crippen LogP contribution in [0, 0.1) is 0 Å². The van der Waals surface area contributed by atoms with Gasteiger partial charge in [-0.3, -0.25) is 4.98 Å². The van der Waals surface area contributed by atoms with Gasteiger partial charge in [0.1, 0.15) is 0 Å². The van der Waals surface area contributed by atoms with Gasteiger partial charge < -0.3 is 15.1 Å². The van der Waals surface area contributed by atoms with Gasteiger partial charge in [-0.2, -0.15) is 0 Å². The Bertz CT molecular complexity index is 391. The highest BCUT2D eigenvalue weighted by Gasteiger charge is 2.25. The summed E-state index contributed by atoms with van der Waals surface area (Å²) in [5, 5.41) is 3.41. The maximum Gasteiger partial charge on any atom is 0.0576 e. The first-order valence-electron chi connectivity index (χ1n) is 7.31. The number of likely N-dealkylation sites (N-methyl/N-ethyl adjacent to an activating group) is 1. The van der Waals surface area contributed by atoms with E-state index in [1.165, 1.54) is 18.5 Å². The predicted octanol–water partition coefficient (Wildman–Crippen LogP) is 2.43. The van der Waals surface area contributed by atoms with Gasteiger partial charge in [-0.15, -0.1) is 0 Å². The van der Waals surface area contributed by atoms with E-state index in [0.29, 0.717) is 6.04 Å². The largest absolute Gasteiger partial charge is 0.384 e. The van der Waals surface area contributed by atoms with Crippen LogP contribution in [0.4, 0.5) is 11.4 Å². The number of hydrogen-bond donors (Lipinski definition) is 1. The fourth-order valence-corrected chi connectivity index (χ4v) is 2.74. The van der Waals surface area contributed by atoms with Crippen molar-refractivity contribution in [3.05, 3.63) is 18.5 Å². The van der Waals surface area contributed by atoms with Crippen molar-refractivity contribution in [1.29, 1.82) is 0 Å². The molecule has 2 heterocycles. The third-order valence-electron chi connectivity index (χ3n) is 3.59. The molecule has 4 heteroatoms. The molecule has 0 bridgehead atoms. The van der Waals surface area contributed by atoms with E-state index in [9.17, 15) is 0 Å². The van der Waals surface area contributed by atoms with Crippen LogP contribution in [0.25, 0.3) is 0 Å². The number of rotatable bonds is 6. The Morgan fingerprint density at radius 3 is 3.00 bits per heavy atom. The predicted molar refractivity (Wildman–Crippen MR) is 81.9 cm³/mol. The molecule has 0 saturated carbocycles. The van der Waals surface area contributed by atoms with Crippen molar-refractivity contribution in [2.75, 3.05) is 43.9 Å². The van der Waals surface area contributed by atoms with Crippen molar-refractivity contribution in [1.82, 2.24) is 9.88 Å². The quantitative estimate of drug-likeness (QED) is 0.853. The fourth-order valence-electron chi connectivity index (χ4n) is 2.74. The fraction of sp³-hybridized carbons (Fsp3) is 0.667. The van der Waals surface area contributed by atoms with E-state index in [1.807, 2.05) is 12.4 Å². The maximum absolute atomic E-state index is 4.38. The van der Waals surface area contributed by atoms with Gasteiger partial charge in [0.25, 0.3) is 0 Å². The Balaban J connectivity index is 2.07. The minimum atomic E-state index is 0.623. The monoisotopic (exact) mass is 262 g/mol. The lowest BCUT2D eigenvalue weighted by atomic mass is 10.2. The van der Waals surface area contributed by atoms with Crippen LogP contribution in [-0.4, -0.2) is 49.7 Å². The average Bonchev–Trinajstić information content (AvgIpc) is 2.84. The summed E-state index contributed by atoms with van der Waals surface area (Å²) in [6.45, 7) is 5.45. The molecule has 19 heavy (non-hydrogen) atoms. The van der Waals surface area contributed by atoms with Gasteiger partial charge in [0.15, 0.2) is 0 Å². The molecule has 0 radical (unpaired) electrons. The normalized spacial score (nSPS) is 19.2. The van der Waals surface area contributed by atoms with E-state index in [1.54, 1.807) is 0 Å². The molecule has 0 spiro atoms. The molecular formula is C15H26N4. The second-order valence-corrected chi connectivity index (χ2v) is 5.61. The van der Waals surface area contributed by atoms with Crippen molar-refractivity contribution in [3.63, 3.8) is 0 Å². The molecule has 106 valence electrons. The molecule has 0 aromatic carbocycles. The van der Waals surface area contributed by atoms with Crippen molar-refractivity contribution in [3.8, 4) is 0 Å². The van der Waals surface area contributed by atoms with Crippen LogP contribution in [0.3, 0.4) is 0 Å². The molecule has 1 atom stereocenters. The number of anilines is 2. The molecule has 1 aromatic rings. The Labute approximate surface area is 116 Å². The molecule has 1 N–H and O–H groups in total. The summed E-state index contributed by atoms with van der Waals surface area (Å²) in [5.41, 5.74) is 2.39. The van der Waals surface area contributed by atoms with Gasteiger partial charge >= 0.3 is 0 Å². The first-order valence-corrected chi connectivity index (χ1v) is 7.31. The highest BCUT2D eigenvalue weighted by molar-refractivity contribution is 5.56. The summed E-state index contributed by atoms with van der Waals surface area (Å²) in [5.74, 6) is 0. The number of hydrogen-bond acceptors (Lipinski definition) is 4. The summed E-state index contributed by atoms with van der Waals surface area (Å²) in [6, 6.07) is 2.86. The molecule has 1 unspecified atom stereocenters. The molecule has 1 saturated heterocycles. The zero-order valence-corrected chi connectivity index (χ0v) is 12.4. The van der Waals surface area contributed by atoms with Crippen molar-refractivity contribution in [2.45, 2.75) is 32.2 Å². The molecule has 1 fully saturated rings. The number of nitrogens with one attached hydrogen (secondary N) is 1. The van der Waals surface area contributed by atoms with Crippen LogP contribution in [0.5, 0.6) is 0 Å². The first kappa shape index (κ1) is 14.1. The molecule has 1 aliphatic heterocycles. The van der Waals surface area contributed by atoms with E-state index in [0.717, 1.165) is 31.7 Å². The smallest absolute Gasteiger partial charge is 0.0576 e. The second kappa shape index (κ2) is 6.75. The topological polar surface area (TPSA) is 31.4 Å². The van der Waals surface area contributed by atoms with Crippen LogP contribution in [0.1, 0.15) is 26.2 Å². The molecule has 1 aromatic heterocycles. The Morgan fingerprint density at radius 2 is 2.26 bits per heavy atom. The zero-order chi connectivity index (χ0) is 13.7. The third-order valence-corrected chi connectivity index (χ3v) is 3.59. The van der Waals surface area contributed by atoms with E-state index >= 15 is 0 Å². The highest BCUT2D eigenvalue weighted by atomic mass is 15.2. The minimum absolute atomic E-state index is 0.623. The van der Waals surface area contributed by atoms with Gasteiger partial charge in [-0.25, -0.2) is 0 Å². The number of pyridine rings is 1. The maximum atomic E-state index is 4.38. The highest BCUT2D eigenvalue weighted by Crippen LogP contribution is 2.27. The molecule has 0 aliphatic carbocycles. The molecular weight excluding hydrogens is 236 g/mol. The zero-order valence-electron chi connectivity index (χ0n) is 12.4. The lowest BCUT2D eigenvalue weighted by Gasteiger charge is -2.29. The molecule has 4 nitrogen and oxygen atoms in total. The lowest BCUT2D eigenvalue weighted by molar-refractivity contribution is 0.372. The van der Waals surface area contributed by atoms with Gasteiger partial charge in [0.2, 0.25) is 0 Å². The Kier molecular flexibility index (Phi) is 5.02. The minimum Gasteiger partial charge on any atom is -0.384 e. The van der Waals surface area contributed by atoms with Crippen molar-refractivity contribution in [2.24, 2.45) is 0 Å². The molecule has 1 aliphatic rings. The summed E-state index contributed by atoms with van der Waals surface area (Å²) >= 11 is 0. The average molecular weight is 262 g/mol. The first-order chi connectivity index (χ1) is 9.20. The Hall–Kier alpha value is -1.29.